The molecule has 0 spiro atoms. The van der Waals surface area contributed by atoms with Crippen molar-refractivity contribution in [2.45, 2.75) is 20.4 Å². The Hall–Kier alpha value is -2.43. The molecule has 0 fully saturated rings. The van der Waals surface area contributed by atoms with Crippen LogP contribution in [-0.4, -0.2) is 29.0 Å². The first kappa shape index (κ1) is 15.0. The van der Waals surface area contributed by atoms with Crippen LogP contribution in [0.4, 0.5) is 5.69 Å². The van der Waals surface area contributed by atoms with Gasteiger partial charge in [0.05, 0.1) is 11.9 Å². The molecular formula is C16H20N4O. The van der Waals surface area contributed by atoms with Crippen LogP contribution in [0.25, 0.3) is 0 Å². The van der Waals surface area contributed by atoms with E-state index in [-0.39, 0.29) is 5.91 Å². The molecule has 0 aliphatic carbocycles. The highest BCUT2D eigenvalue weighted by atomic mass is 16.1. The largest absolute Gasteiger partial charge is 0.371 e. The Kier molecular flexibility index (Phi) is 5.26. The van der Waals surface area contributed by atoms with Gasteiger partial charge in [0.15, 0.2) is 0 Å². The topological polar surface area (TPSA) is 58.1 Å². The summed E-state index contributed by atoms with van der Waals surface area (Å²) < 4.78 is 0. The van der Waals surface area contributed by atoms with Gasteiger partial charge in [0.25, 0.3) is 5.91 Å². The van der Waals surface area contributed by atoms with E-state index >= 15 is 0 Å². The van der Waals surface area contributed by atoms with Crippen molar-refractivity contribution in [3.63, 3.8) is 0 Å². The maximum atomic E-state index is 12.0. The summed E-state index contributed by atoms with van der Waals surface area (Å²) >= 11 is 0. The number of hydrogen-bond acceptors (Lipinski definition) is 4. The van der Waals surface area contributed by atoms with Crippen molar-refractivity contribution in [2.75, 3.05) is 18.0 Å². The van der Waals surface area contributed by atoms with E-state index in [0.717, 1.165) is 24.3 Å². The fourth-order valence-corrected chi connectivity index (χ4v) is 2.07. The van der Waals surface area contributed by atoms with E-state index in [1.165, 1.54) is 0 Å². The molecule has 110 valence electrons. The predicted octanol–water partition coefficient (Wildman–Crippen LogP) is 2.25. The SMILES string of the molecule is CCN(CC)c1ccc(C(=O)NCc2ccncc2)nc1. The van der Waals surface area contributed by atoms with Crippen LogP contribution in [0.15, 0.2) is 42.9 Å². The standard InChI is InChI=1S/C16H20N4O/c1-3-20(4-2)14-5-6-15(18-12-14)16(21)19-11-13-7-9-17-10-8-13/h5-10,12H,3-4,11H2,1-2H3,(H,19,21). The zero-order valence-electron chi connectivity index (χ0n) is 12.4. The first-order valence-corrected chi connectivity index (χ1v) is 7.12. The lowest BCUT2D eigenvalue weighted by Crippen LogP contribution is -2.25. The van der Waals surface area contributed by atoms with E-state index in [0.29, 0.717) is 12.2 Å². The second-order valence-corrected chi connectivity index (χ2v) is 4.61. The highest BCUT2D eigenvalue weighted by molar-refractivity contribution is 5.92. The Balaban J connectivity index is 1.97. The Bertz CT molecular complexity index is 565. The van der Waals surface area contributed by atoms with Crippen molar-refractivity contribution in [3.05, 3.63) is 54.1 Å². The Labute approximate surface area is 125 Å². The smallest absolute Gasteiger partial charge is 0.270 e. The lowest BCUT2D eigenvalue weighted by molar-refractivity contribution is 0.0946. The van der Waals surface area contributed by atoms with E-state index in [4.69, 9.17) is 0 Å². The summed E-state index contributed by atoms with van der Waals surface area (Å²) in [5, 5.41) is 2.85. The summed E-state index contributed by atoms with van der Waals surface area (Å²) in [5.74, 6) is -0.169. The van der Waals surface area contributed by atoms with Gasteiger partial charge in [-0.2, -0.15) is 0 Å². The summed E-state index contributed by atoms with van der Waals surface area (Å²) in [4.78, 5) is 22.4. The average molecular weight is 284 g/mol. The third-order valence-corrected chi connectivity index (χ3v) is 3.31. The van der Waals surface area contributed by atoms with E-state index in [9.17, 15) is 4.79 Å². The van der Waals surface area contributed by atoms with Gasteiger partial charge in [0.1, 0.15) is 5.69 Å². The minimum Gasteiger partial charge on any atom is -0.371 e. The monoisotopic (exact) mass is 284 g/mol. The Morgan fingerprint density at radius 2 is 1.86 bits per heavy atom. The lowest BCUT2D eigenvalue weighted by atomic mass is 10.2. The number of aromatic nitrogens is 2. The van der Waals surface area contributed by atoms with Crippen molar-refractivity contribution in [3.8, 4) is 0 Å². The van der Waals surface area contributed by atoms with E-state index in [1.54, 1.807) is 24.7 Å². The zero-order chi connectivity index (χ0) is 15.1. The average Bonchev–Trinajstić information content (AvgIpc) is 2.55. The number of nitrogens with one attached hydrogen (secondary N) is 1. The highest BCUT2D eigenvalue weighted by Gasteiger charge is 2.08. The molecule has 1 amide bonds. The molecule has 2 aromatic rings. The molecule has 21 heavy (non-hydrogen) atoms. The van der Waals surface area contributed by atoms with Crippen molar-refractivity contribution >= 4 is 11.6 Å². The molecule has 0 unspecified atom stereocenters. The molecule has 0 aliphatic rings. The van der Waals surface area contributed by atoms with Crippen LogP contribution in [0.3, 0.4) is 0 Å². The molecule has 5 nitrogen and oxygen atoms in total. The van der Waals surface area contributed by atoms with Crippen molar-refractivity contribution in [1.82, 2.24) is 15.3 Å². The molecule has 0 atom stereocenters. The summed E-state index contributed by atoms with van der Waals surface area (Å²) in [5.41, 5.74) is 2.48. The number of hydrogen-bond donors (Lipinski definition) is 1. The van der Waals surface area contributed by atoms with Gasteiger partial charge in [0, 0.05) is 32.0 Å². The summed E-state index contributed by atoms with van der Waals surface area (Å²) in [6, 6.07) is 7.44. The third kappa shape index (κ3) is 4.02. The number of carbonyl (C=O) groups is 1. The summed E-state index contributed by atoms with van der Waals surface area (Å²) in [6.07, 6.45) is 5.16. The number of amides is 1. The van der Waals surface area contributed by atoms with Gasteiger partial charge in [-0.1, -0.05) is 0 Å². The van der Waals surface area contributed by atoms with Crippen molar-refractivity contribution in [2.24, 2.45) is 0 Å². The van der Waals surface area contributed by atoms with Gasteiger partial charge < -0.3 is 10.2 Å². The fourth-order valence-electron chi connectivity index (χ4n) is 2.07. The van der Waals surface area contributed by atoms with Gasteiger partial charge in [-0.3, -0.25) is 9.78 Å². The predicted molar refractivity (Wildman–Crippen MR) is 83.2 cm³/mol. The third-order valence-electron chi connectivity index (χ3n) is 3.31. The maximum absolute atomic E-state index is 12.0. The van der Waals surface area contributed by atoms with Gasteiger partial charge >= 0.3 is 0 Å². The van der Waals surface area contributed by atoms with E-state index < -0.39 is 0 Å². The molecule has 2 heterocycles. The maximum Gasteiger partial charge on any atom is 0.270 e. The number of nitrogens with zero attached hydrogens (tertiary/aromatic N) is 3. The molecule has 0 saturated heterocycles. The molecule has 2 rings (SSSR count). The number of rotatable bonds is 6. The van der Waals surface area contributed by atoms with Gasteiger partial charge in [0.2, 0.25) is 0 Å². The summed E-state index contributed by atoms with van der Waals surface area (Å²) in [6.45, 7) is 6.51. The van der Waals surface area contributed by atoms with Gasteiger partial charge in [-0.25, -0.2) is 4.98 Å². The van der Waals surface area contributed by atoms with Crippen molar-refractivity contribution in [1.29, 1.82) is 0 Å². The normalized spacial score (nSPS) is 10.2. The van der Waals surface area contributed by atoms with Gasteiger partial charge in [-0.05, 0) is 43.7 Å². The zero-order valence-corrected chi connectivity index (χ0v) is 12.4. The van der Waals surface area contributed by atoms with Crippen molar-refractivity contribution < 1.29 is 4.79 Å². The second kappa shape index (κ2) is 7.38. The number of pyridine rings is 2. The molecule has 0 aromatic carbocycles. The first-order valence-electron chi connectivity index (χ1n) is 7.12. The van der Waals surface area contributed by atoms with E-state index in [1.807, 2.05) is 18.2 Å². The van der Waals surface area contributed by atoms with Crippen LogP contribution in [0.2, 0.25) is 0 Å². The minimum atomic E-state index is -0.169. The molecule has 0 aliphatic heterocycles. The lowest BCUT2D eigenvalue weighted by Gasteiger charge is -2.20. The highest BCUT2D eigenvalue weighted by Crippen LogP contribution is 2.12. The first-order chi connectivity index (χ1) is 10.2. The molecule has 5 heteroatoms. The van der Waals surface area contributed by atoms with Crippen LogP contribution >= 0.6 is 0 Å². The molecule has 0 bridgehead atoms. The Morgan fingerprint density at radius 1 is 1.14 bits per heavy atom. The molecule has 0 saturated carbocycles. The number of anilines is 1. The van der Waals surface area contributed by atoms with Crippen LogP contribution in [-0.2, 0) is 6.54 Å². The van der Waals surface area contributed by atoms with Gasteiger partial charge in [-0.15, -0.1) is 0 Å². The minimum absolute atomic E-state index is 0.169. The van der Waals surface area contributed by atoms with Crippen LogP contribution in [0.1, 0.15) is 29.9 Å². The van der Waals surface area contributed by atoms with Crippen LogP contribution in [0.5, 0.6) is 0 Å². The quantitative estimate of drug-likeness (QED) is 0.884. The fraction of sp³-hybridized carbons (Fsp3) is 0.312. The summed E-state index contributed by atoms with van der Waals surface area (Å²) in [7, 11) is 0. The van der Waals surface area contributed by atoms with Crippen LogP contribution < -0.4 is 10.2 Å². The molecular weight excluding hydrogens is 264 g/mol. The second-order valence-electron chi connectivity index (χ2n) is 4.61. The Morgan fingerprint density at radius 3 is 2.43 bits per heavy atom. The number of carbonyl (C=O) groups excluding carboxylic acids is 1. The molecule has 2 aromatic heterocycles. The molecule has 0 radical (unpaired) electrons. The molecule has 1 N–H and O–H groups in total. The van der Waals surface area contributed by atoms with Crippen LogP contribution in [0, 0.1) is 0 Å². The van der Waals surface area contributed by atoms with E-state index in [2.05, 4.69) is 34.0 Å².